The molecule has 0 aromatic heterocycles. The Balaban J connectivity index is 1.73. The van der Waals surface area contributed by atoms with Crippen molar-refractivity contribution in [2.24, 2.45) is 11.8 Å². The number of hydrogen-bond acceptors (Lipinski definition) is 3. The van der Waals surface area contributed by atoms with Crippen molar-refractivity contribution in [2.75, 3.05) is 18.4 Å². The van der Waals surface area contributed by atoms with Crippen LogP contribution in [-0.2, 0) is 10.0 Å². The van der Waals surface area contributed by atoms with Crippen LogP contribution in [0.3, 0.4) is 0 Å². The molecule has 138 valence electrons. The molecule has 2 aromatic carbocycles. The molecule has 0 unspecified atom stereocenters. The van der Waals surface area contributed by atoms with Gasteiger partial charge >= 0.3 is 0 Å². The average molecular weight is 372 g/mol. The Bertz CT molecular complexity index is 854. The van der Waals surface area contributed by atoms with E-state index in [1.807, 2.05) is 6.07 Å². The number of sulfonamides is 1. The summed E-state index contributed by atoms with van der Waals surface area (Å²) < 4.78 is 27.3. The van der Waals surface area contributed by atoms with Gasteiger partial charge in [-0.3, -0.25) is 4.79 Å². The fraction of sp³-hybridized carbons (Fsp3) is 0.350. The lowest BCUT2D eigenvalue weighted by molar-refractivity contribution is 0.102. The van der Waals surface area contributed by atoms with Crippen molar-refractivity contribution in [3.63, 3.8) is 0 Å². The monoisotopic (exact) mass is 372 g/mol. The molecule has 3 rings (SSSR count). The number of benzene rings is 2. The molecule has 0 bridgehead atoms. The summed E-state index contributed by atoms with van der Waals surface area (Å²) in [5, 5.41) is 2.78. The molecule has 2 atom stereocenters. The number of hydrogen-bond donors (Lipinski definition) is 1. The number of anilines is 1. The molecule has 6 heteroatoms. The lowest BCUT2D eigenvalue weighted by Crippen LogP contribution is -2.42. The molecule has 1 fully saturated rings. The van der Waals surface area contributed by atoms with Crippen LogP contribution in [0.2, 0.25) is 0 Å². The third-order valence-corrected chi connectivity index (χ3v) is 6.47. The molecule has 1 aliphatic heterocycles. The molecular formula is C20H24N2O3S. The molecule has 1 aliphatic rings. The van der Waals surface area contributed by atoms with Gasteiger partial charge in [-0.25, -0.2) is 8.42 Å². The van der Waals surface area contributed by atoms with E-state index in [4.69, 9.17) is 0 Å². The summed E-state index contributed by atoms with van der Waals surface area (Å²) >= 11 is 0. The molecule has 0 aliphatic carbocycles. The van der Waals surface area contributed by atoms with E-state index in [2.05, 4.69) is 19.2 Å². The van der Waals surface area contributed by atoms with Crippen LogP contribution in [0.4, 0.5) is 5.69 Å². The highest BCUT2D eigenvalue weighted by Crippen LogP contribution is 2.27. The van der Waals surface area contributed by atoms with Crippen LogP contribution in [0, 0.1) is 11.8 Å². The zero-order valence-electron chi connectivity index (χ0n) is 15.1. The first-order chi connectivity index (χ1) is 12.4. The quantitative estimate of drug-likeness (QED) is 0.892. The Morgan fingerprint density at radius 2 is 1.54 bits per heavy atom. The van der Waals surface area contributed by atoms with Gasteiger partial charge in [-0.05, 0) is 54.7 Å². The summed E-state index contributed by atoms with van der Waals surface area (Å²) in [6.07, 6.45) is 1.05. The second kappa shape index (κ2) is 7.60. The van der Waals surface area contributed by atoms with Crippen molar-refractivity contribution >= 4 is 21.6 Å². The molecule has 26 heavy (non-hydrogen) atoms. The van der Waals surface area contributed by atoms with Crippen LogP contribution in [0.25, 0.3) is 0 Å². The number of nitrogens with zero attached hydrogens (tertiary/aromatic N) is 1. The van der Waals surface area contributed by atoms with Crippen LogP contribution >= 0.6 is 0 Å². The maximum Gasteiger partial charge on any atom is 0.255 e. The highest BCUT2D eigenvalue weighted by molar-refractivity contribution is 7.89. The second-order valence-electron chi connectivity index (χ2n) is 7.11. The molecule has 2 aromatic rings. The van der Waals surface area contributed by atoms with Crippen molar-refractivity contribution in [3.05, 3.63) is 60.2 Å². The van der Waals surface area contributed by atoms with Crippen molar-refractivity contribution in [3.8, 4) is 0 Å². The number of carbonyl (C=O) groups excluding carboxylic acids is 1. The fourth-order valence-electron chi connectivity index (χ4n) is 3.45. The number of carbonyl (C=O) groups is 1. The zero-order valence-corrected chi connectivity index (χ0v) is 15.9. The van der Waals surface area contributed by atoms with E-state index in [1.54, 1.807) is 52.8 Å². The average Bonchev–Trinajstić information content (AvgIpc) is 2.62. The molecule has 1 saturated heterocycles. The van der Waals surface area contributed by atoms with Crippen molar-refractivity contribution < 1.29 is 13.2 Å². The minimum Gasteiger partial charge on any atom is -0.322 e. The van der Waals surface area contributed by atoms with Crippen molar-refractivity contribution in [2.45, 2.75) is 25.2 Å². The molecule has 0 spiro atoms. The number of nitrogens with one attached hydrogen (secondary N) is 1. The van der Waals surface area contributed by atoms with E-state index in [9.17, 15) is 13.2 Å². The Labute approximate surface area is 155 Å². The third-order valence-electron chi connectivity index (χ3n) is 4.62. The second-order valence-corrected chi connectivity index (χ2v) is 9.05. The molecular weight excluding hydrogens is 348 g/mol. The molecule has 1 N–H and O–H groups in total. The highest BCUT2D eigenvalue weighted by atomic mass is 32.2. The SMILES string of the molecule is C[C@@H]1C[C@H](C)CN(S(=O)(=O)c2ccc(NC(=O)c3ccccc3)cc2)C1. The summed E-state index contributed by atoms with van der Waals surface area (Å²) in [4.78, 5) is 12.4. The Morgan fingerprint density at radius 3 is 2.12 bits per heavy atom. The van der Waals surface area contributed by atoms with Crippen LogP contribution in [0.1, 0.15) is 30.6 Å². The Kier molecular flexibility index (Phi) is 5.44. The van der Waals surface area contributed by atoms with Gasteiger partial charge in [0.25, 0.3) is 5.91 Å². The maximum absolute atomic E-state index is 12.9. The van der Waals surface area contributed by atoms with Crippen LogP contribution in [0.15, 0.2) is 59.5 Å². The normalized spacial score (nSPS) is 21.3. The number of amides is 1. The third kappa shape index (κ3) is 4.14. The summed E-state index contributed by atoms with van der Waals surface area (Å²) in [7, 11) is -3.50. The smallest absolute Gasteiger partial charge is 0.255 e. The predicted molar refractivity (Wildman–Crippen MR) is 103 cm³/mol. The van der Waals surface area contributed by atoms with Gasteiger partial charge in [0.05, 0.1) is 4.90 Å². The number of piperidine rings is 1. The van der Waals surface area contributed by atoms with Crippen LogP contribution < -0.4 is 5.32 Å². The molecule has 5 nitrogen and oxygen atoms in total. The maximum atomic E-state index is 12.9. The first-order valence-corrected chi connectivity index (χ1v) is 10.3. The first-order valence-electron chi connectivity index (χ1n) is 8.83. The molecule has 0 radical (unpaired) electrons. The van der Waals surface area contributed by atoms with Gasteiger partial charge < -0.3 is 5.32 Å². The van der Waals surface area contributed by atoms with E-state index in [1.165, 1.54) is 0 Å². The van der Waals surface area contributed by atoms with E-state index in [-0.39, 0.29) is 10.8 Å². The van der Waals surface area contributed by atoms with E-state index in [0.717, 1.165) is 6.42 Å². The largest absolute Gasteiger partial charge is 0.322 e. The summed E-state index contributed by atoms with van der Waals surface area (Å²) in [5.41, 5.74) is 1.12. The van der Waals surface area contributed by atoms with Gasteiger partial charge in [0, 0.05) is 24.3 Å². The minimum atomic E-state index is -3.50. The minimum absolute atomic E-state index is 0.222. The lowest BCUT2D eigenvalue weighted by atomic mass is 9.94. The zero-order chi connectivity index (χ0) is 18.7. The van der Waals surface area contributed by atoms with E-state index < -0.39 is 10.0 Å². The summed E-state index contributed by atoms with van der Waals surface area (Å²) in [5.74, 6) is 0.496. The fourth-order valence-corrected chi connectivity index (χ4v) is 5.13. The van der Waals surface area contributed by atoms with Crippen molar-refractivity contribution in [1.29, 1.82) is 0 Å². The standard InChI is InChI=1S/C20H24N2O3S/c1-15-12-16(2)14-22(13-15)26(24,25)19-10-8-18(9-11-19)21-20(23)17-6-4-3-5-7-17/h3-11,15-16H,12-14H2,1-2H3,(H,21,23)/t15-,16+. The van der Waals surface area contributed by atoms with Gasteiger partial charge in [0.15, 0.2) is 0 Å². The van der Waals surface area contributed by atoms with E-state index >= 15 is 0 Å². The molecule has 1 amide bonds. The lowest BCUT2D eigenvalue weighted by Gasteiger charge is -2.34. The predicted octanol–water partition coefficient (Wildman–Crippen LogP) is 3.61. The van der Waals surface area contributed by atoms with Gasteiger partial charge in [-0.15, -0.1) is 0 Å². The van der Waals surface area contributed by atoms with Crippen LogP contribution in [0.5, 0.6) is 0 Å². The van der Waals surface area contributed by atoms with Crippen LogP contribution in [-0.4, -0.2) is 31.7 Å². The summed E-state index contributed by atoms with van der Waals surface area (Å²) in [6, 6.07) is 15.3. The Hall–Kier alpha value is -2.18. The van der Waals surface area contributed by atoms with Crippen molar-refractivity contribution in [1.82, 2.24) is 4.31 Å². The summed E-state index contributed by atoms with van der Waals surface area (Å²) in [6.45, 7) is 5.28. The molecule has 0 saturated carbocycles. The first kappa shape index (κ1) is 18.6. The topological polar surface area (TPSA) is 66.5 Å². The highest BCUT2D eigenvalue weighted by Gasteiger charge is 2.31. The molecule has 1 heterocycles. The van der Waals surface area contributed by atoms with E-state index in [0.29, 0.717) is 36.2 Å². The van der Waals surface area contributed by atoms with Gasteiger partial charge in [-0.2, -0.15) is 4.31 Å². The van der Waals surface area contributed by atoms with Gasteiger partial charge in [0.1, 0.15) is 0 Å². The van der Waals surface area contributed by atoms with Gasteiger partial charge in [-0.1, -0.05) is 32.0 Å². The number of rotatable bonds is 4. The van der Waals surface area contributed by atoms with Gasteiger partial charge in [0.2, 0.25) is 10.0 Å². The Morgan fingerprint density at radius 1 is 0.962 bits per heavy atom.